The van der Waals surface area contributed by atoms with Gasteiger partial charge in [0.2, 0.25) is 5.91 Å². The number of nitrogens with one attached hydrogen (secondary N) is 1. The number of nitrogens with zero attached hydrogens (tertiary/aromatic N) is 2. The van der Waals surface area contributed by atoms with Gasteiger partial charge in [-0.15, -0.1) is 0 Å². The topological polar surface area (TPSA) is 52.7 Å². The Bertz CT molecular complexity index is 487. The van der Waals surface area contributed by atoms with Crippen molar-refractivity contribution in [1.82, 2.24) is 15.1 Å². The van der Waals surface area contributed by atoms with Crippen molar-refractivity contribution in [2.75, 3.05) is 13.1 Å². The van der Waals surface area contributed by atoms with Crippen LogP contribution in [0.15, 0.2) is 12.2 Å². The Labute approximate surface area is 145 Å². The summed E-state index contributed by atoms with van der Waals surface area (Å²) in [7, 11) is 0. The van der Waals surface area contributed by atoms with Crippen LogP contribution < -0.4 is 5.32 Å². The predicted molar refractivity (Wildman–Crippen MR) is 94.7 cm³/mol. The smallest absolute Gasteiger partial charge is 0.317 e. The summed E-state index contributed by atoms with van der Waals surface area (Å²) in [5.74, 6) is 0.204. The molecule has 134 valence electrons. The van der Waals surface area contributed by atoms with E-state index in [2.05, 4.69) is 22.4 Å². The molecule has 5 heteroatoms. The molecule has 2 aliphatic carbocycles. The largest absolute Gasteiger partial charge is 0.337 e. The minimum absolute atomic E-state index is 0.0604. The average molecular weight is 333 g/mol. The maximum absolute atomic E-state index is 12.5. The average Bonchev–Trinajstić information content (AvgIpc) is 2.77. The molecule has 0 unspecified atom stereocenters. The first-order valence-corrected chi connectivity index (χ1v) is 9.66. The van der Waals surface area contributed by atoms with E-state index in [0.29, 0.717) is 12.1 Å². The maximum Gasteiger partial charge on any atom is 0.317 e. The first kappa shape index (κ1) is 17.3. The highest BCUT2D eigenvalue weighted by atomic mass is 16.2. The monoisotopic (exact) mass is 333 g/mol. The van der Waals surface area contributed by atoms with E-state index in [4.69, 9.17) is 0 Å². The fourth-order valence-corrected chi connectivity index (χ4v) is 4.22. The fourth-order valence-electron chi connectivity index (χ4n) is 4.22. The van der Waals surface area contributed by atoms with E-state index >= 15 is 0 Å². The molecule has 3 rings (SSSR count). The van der Waals surface area contributed by atoms with Gasteiger partial charge in [-0.25, -0.2) is 4.79 Å². The van der Waals surface area contributed by atoms with Gasteiger partial charge in [-0.3, -0.25) is 4.79 Å². The summed E-state index contributed by atoms with van der Waals surface area (Å²) in [5, 5.41) is 3.15. The molecule has 0 aromatic carbocycles. The molecule has 2 fully saturated rings. The molecule has 24 heavy (non-hydrogen) atoms. The third-order valence-corrected chi connectivity index (χ3v) is 5.77. The molecular formula is C19H31N3O2. The summed E-state index contributed by atoms with van der Waals surface area (Å²) < 4.78 is 0. The molecule has 0 radical (unpaired) electrons. The Morgan fingerprint density at radius 3 is 2.38 bits per heavy atom. The third kappa shape index (κ3) is 4.11. The SMILES string of the molecule is CC(=O)N(C1CCC1)[C@H]1CCCN(C(=O)N[C@@H]2C=CCCC2)CC1. The van der Waals surface area contributed by atoms with Crippen LogP contribution in [0.1, 0.15) is 64.7 Å². The number of hydrogen-bond acceptors (Lipinski definition) is 2. The van der Waals surface area contributed by atoms with Gasteiger partial charge in [-0.1, -0.05) is 12.2 Å². The zero-order valence-corrected chi connectivity index (χ0v) is 14.9. The van der Waals surface area contributed by atoms with Crippen LogP contribution >= 0.6 is 0 Å². The van der Waals surface area contributed by atoms with Crippen LogP contribution in [0, 0.1) is 0 Å². The Balaban J connectivity index is 1.53. The molecule has 1 aliphatic heterocycles. The molecule has 3 amide bonds. The highest BCUT2D eigenvalue weighted by Crippen LogP contribution is 2.30. The molecule has 1 saturated heterocycles. The Morgan fingerprint density at radius 1 is 1.00 bits per heavy atom. The number of allylic oxidation sites excluding steroid dienone is 1. The number of rotatable bonds is 3. The second-order valence-electron chi connectivity index (χ2n) is 7.50. The molecule has 2 atom stereocenters. The van der Waals surface area contributed by atoms with E-state index < -0.39 is 0 Å². The minimum atomic E-state index is 0.0604. The van der Waals surface area contributed by atoms with E-state index in [9.17, 15) is 9.59 Å². The number of amides is 3. The van der Waals surface area contributed by atoms with E-state index in [1.807, 2.05) is 4.90 Å². The van der Waals surface area contributed by atoms with Crippen molar-refractivity contribution in [3.8, 4) is 0 Å². The van der Waals surface area contributed by atoms with Crippen LogP contribution in [-0.2, 0) is 4.79 Å². The lowest BCUT2D eigenvalue weighted by atomic mass is 9.89. The maximum atomic E-state index is 12.5. The second kappa shape index (κ2) is 8.04. The summed E-state index contributed by atoms with van der Waals surface area (Å²) in [6.45, 7) is 3.25. The molecule has 0 aromatic rings. The van der Waals surface area contributed by atoms with Gasteiger partial charge in [-0.05, 0) is 57.8 Å². The van der Waals surface area contributed by atoms with Crippen LogP contribution in [-0.4, -0.2) is 53.0 Å². The summed E-state index contributed by atoms with van der Waals surface area (Å²) >= 11 is 0. The molecule has 1 N–H and O–H groups in total. The summed E-state index contributed by atoms with van der Waals surface area (Å²) in [6.07, 6.45) is 14.0. The zero-order valence-electron chi connectivity index (χ0n) is 14.9. The van der Waals surface area contributed by atoms with Gasteiger partial charge in [0.25, 0.3) is 0 Å². The van der Waals surface area contributed by atoms with Gasteiger partial charge in [0, 0.05) is 38.1 Å². The Kier molecular flexibility index (Phi) is 5.80. The molecule has 5 nitrogen and oxygen atoms in total. The molecule has 1 heterocycles. The second-order valence-corrected chi connectivity index (χ2v) is 7.50. The van der Waals surface area contributed by atoms with Crippen molar-refractivity contribution in [3.05, 3.63) is 12.2 Å². The van der Waals surface area contributed by atoms with Crippen molar-refractivity contribution < 1.29 is 9.59 Å². The van der Waals surface area contributed by atoms with Crippen LogP contribution in [0.4, 0.5) is 4.79 Å². The normalized spacial score (nSPS) is 28.0. The predicted octanol–water partition coefficient (Wildman–Crippen LogP) is 3.06. The van der Waals surface area contributed by atoms with Gasteiger partial charge in [0.15, 0.2) is 0 Å². The molecule has 0 spiro atoms. The van der Waals surface area contributed by atoms with Gasteiger partial charge in [0.05, 0.1) is 0 Å². The van der Waals surface area contributed by atoms with Crippen molar-refractivity contribution in [2.24, 2.45) is 0 Å². The minimum Gasteiger partial charge on any atom is -0.337 e. The number of carbonyl (C=O) groups is 2. The van der Waals surface area contributed by atoms with E-state index in [-0.39, 0.29) is 18.0 Å². The van der Waals surface area contributed by atoms with E-state index in [1.54, 1.807) is 6.92 Å². The van der Waals surface area contributed by atoms with Crippen molar-refractivity contribution in [1.29, 1.82) is 0 Å². The molecule has 1 saturated carbocycles. The van der Waals surface area contributed by atoms with Gasteiger partial charge >= 0.3 is 6.03 Å². The van der Waals surface area contributed by atoms with E-state index in [1.165, 1.54) is 6.42 Å². The highest BCUT2D eigenvalue weighted by Gasteiger charge is 2.34. The standard InChI is InChI=1S/C19H31N3O2/c1-15(23)22(17-9-5-10-17)18-11-6-13-21(14-12-18)19(24)20-16-7-3-2-4-8-16/h3,7,16-18H,2,4-6,8-14H2,1H3,(H,20,24)/t16-,18+/m1/s1. The Morgan fingerprint density at radius 2 is 1.75 bits per heavy atom. The number of hydrogen-bond donors (Lipinski definition) is 1. The van der Waals surface area contributed by atoms with Crippen LogP contribution in [0.3, 0.4) is 0 Å². The van der Waals surface area contributed by atoms with Gasteiger partial charge < -0.3 is 15.1 Å². The highest BCUT2D eigenvalue weighted by molar-refractivity contribution is 5.75. The zero-order chi connectivity index (χ0) is 16.9. The van der Waals surface area contributed by atoms with Crippen molar-refractivity contribution in [3.63, 3.8) is 0 Å². The van der Waals surface area contributed by atoms with Crippen LogP contribution in [0.25, 0.3) is 0 Å². The quantitative estimate of drug-likeness (QED) is 0.807. The van der Waals surface area contributed by atoms with Crippen molar-refractivity contribution >= 4 is 11.9 Å². The van der Waals surface area contributed by atoms with Crippen LogP contribution in [0.5, 0.6) is 0 Å². The van der Waals surface area contributed by atoms with Crippen LogP contribution in [0.2, 0.25) is 0 Å². The molecular weight excluding hydrogens is 302 g/mol. The van der Waals surface area contributed by atoms with Crippen molar-refractivity contribution in [2.45, 2.75) is 82.8 Å². The first-order valence-electron chi connectivity index (χ1n) is 9.66. The van der Waals surface area contributed by atoms with Gasteiger partial charge in [0.1, 0.15) is 0 Å². The van der Waals surface area contributed by atoms with Gasteiger partial charge in [-0.2, -0.15) is 0 Å². The number of likely N-dealkylation sites (tertiary alicyclic amines) is 1. The summed E-state index contributed by atoms with van der Waals surface area (Å²) in [5.41, 5.74) is 0. The Hall–Kier alpha value is -1.52. The summed E-state index contributed by atoms with van der Waals surface area (Å²) in [4.78, 5) is 28.7. The lowest BCUT2D eigenvalue weighted by Crippen LogP contribution is -2.50. The molecule has 0 aromatic heterocycles. The number of carbonyl (C=O) groups excluding carboxylic acids is 2. The third-order valence-electron chi connectivity index (χ3n) is 5.77. The van der Waals surface area contributed by atoms with E-state index in [0.717, 1.165) is 64.5 Å². The molecule has 3 aliphatic rings. The molecule has 0 bridgehead atoms. The first-order chi connectivity index (χ1) is 11.6. The lowest BCUT2D eigenvalue weighted by Gasteiger charge is -2.42. The number of urea groups is 1. The summed E-state index contributed by atoms with van der Waals surface area (Å²) in [6, 6.07) is 1.000. The fraction of sp³-hybridized carbons (Fsp3) is 0.789. The lowest BCUT2D eigenvalue weighted by molar-refractivity contribution is -0.136.